The van der Waals surface area contributed by atoms with Crippen molar-refractivity contribution < 1.29 is 23.7 Å². The lowest BCUT2D eigenvalue weighted by atomic mass is 10.2. The first-order valence-electron chi connectivity index (χ1n) is 7.51. The fraction of sp³-hybridized carbons (Fsp3) is 0.588. The minimum atomic E-state index is -0.339. The van der Waals surface area contributed by atoms with Gasteiger partial charge < -0.3 is 18.9 Å². The number of methoxy groups -OCH3 is 1. The molecule has 0 saturated heterocycles. The van der Waals surface area contributed by atoms with Crippen LogP contribution in [0.5, 0.6) is 0 Å². The van der Waals surface area contributed by atoms with Crippen molar-refractivity contribution in [3.63, 3.8) is 0 Å². The lowest BCUT2D eigenvalue weighted by Crippen LogP contribution is -2.26. The molecule has 0 heterocycles. The minimum absolute atomic E-state index is 0.0372. The highest BCUT2D eigenvalue weighted by atomic mass is 16.6. The van der Waals surface area contributed by atoms with Crippen molar-refractivity contribution in [1.82, 2.24) is 0 Å². The Bertz CT molecular complexity index is 420. The van der Waals surface area contributed by atoms with Gasteiger partial charge in [-0.05, 0) is 32.9 Å². The first-order valence-corrected chi connectivity index (χ1v) is 7.51. The van der Waals surface area contributed by atoms with Crippen molar-refractivity contribution in [2.75, 3.05) is 26.9 Å². The molecule has 0 N–H and O–H groups in total. The molecule has 0 amide bonds. The van der Waals surface area contributed by atoms with Crippen molar-refractivity contribution in [1.29, 1.82) is 0 Å². The number of benzene rings is 1. The van der Waals surface area contributed by atoms with Crippen molar-refractivity contribution in [2.45, 2.75) is 39.1 Å². The Hall–Kier alpha value is -1.43. The molecule has 0 aliphatic rings. The smallest absolute Gasteiger partial charge is 0.338 e. The van der Waals surface area contributed by atoms with E-state index in [0.717, 1.165) is 0 Å². The maximum atomic E-state index is 11.8. The molecule has 3 atom stereocenters. The van der Waals surface area contributed by atoms with Crippen LogP contribution in [0.2, 0.25) is 0 Å². The molecule has 22 heavy (non-hydrogen) atoms. The zero-order valence-electron chi connectivity index (χ0n) is 13.8. The molecule has 5 nitrogen and oxygen atoms in total. The van der Waals surface area contributed by atoms with Crippen molar-refractivity contribution >= 4 is 5.97 Å². The third kappa shape index (κ3) is 7.54. The highest BCUT2D eigenvalue weighted by Crippen LogP contribution is 2.04. The van der Waals surface area contributed by atoms with Gasteiger partial charge in [-0.2, -0.15) is 0 Å². The standard InChI is InChI=1S/C17H26O5/c1-13(19-4)10-20-14(2)11-21-15(3)12-22-17(18)16-8-6-5-7-9-16/h5-9,13-15H,10-12H2,1-4H3. The van der Waals surface area contributed by atoms with Crippen LogP contribution in [-0.4, -0.2) is 51.2 Å². The molecule has 0 spiro atoms. The summed E-state index contributed by atoms with van der Waals surface area (Å²) in [7, 11) is 1.65. The maximum Gasteiger partial charge on any atom is 0.338 e. The van der Waals surface area contributed by atoms with Gasteiger partial charge in [-0.1, -0.05) is 18.2 Å². The van der Waals surface area contributed by atoms with E-state index in [1.54, 1.807) is 31.4 Å². The summed E-state index contributed by atoms with van der Waals surface area (Å²) in [4.78, 5) is 11.8. The second kappa shape index (κ2) is 10.3. The number of hydrogen-bond donors (Lipinski definition) is 0. The fourth-order valence-electron chi connectivity index (χ4n) is 1.61. The van der Waals surface area contributed by atoms with Crippen LogP contribution in [0.25, 0.3) is 0 Å². The average molecular weight is 310 g/mol. The molecule has 1 aromatic rings. The SMILES string of the molecule is COC(C)COC(C)COC(C)COC(=O)c1ccccc1. The summed E-state index contributed by atoms with van der Waals surface area (Å²) in [6.45, 7) is 6.93. The Kier molecular flexibility index (Phi) is 8.74. The molecule has 0 aliphatic heterocycles. The van der Waals surface area contributed by atoms with Gasteiger partial charge in [0.05, 0.1) is 37.1 Å². The first-order chi connectivity index (χ1) is 10.5. The molecule has 0 aromatic heterocycles. The maximum absolute atomic E-state index is 11.8. The molecule has 0 radical (unpaired) electrons. The van der Waals surface area contributed by atoms with Gasteiger partial charge in [0.25, 0.3) is 0 Å². The summed E-state index contributed by atoms with van der Waals surface area (Å²) >= 11 is 0. The number of rotatable bonds is 10. The van der Waals surface area contributed by atoms with E-state index < -0.39 is 0 Å². The van der Waals surface area contributed by atoms with Gasteiger partial charge in [0, 0.05) is 7.11 Å². The van der Waals surface area contributed by atoms with Gasteiger partial charge in [0.1, 0.15) is 6.61 Å². The van der Waals surface area contributed by atoms with Crippen LogP contribution >= 0.6 is 0 Å². The van der Waals surface area contributed by atoms with Crippen molar-refractivity contribution in [3.05, 3.63) is 35.9 Å². The zero-order chi connectivity index (χ0) is 16.4. The van der Waals surface area contributed by atoms with E-state index in [-0.39, 0.29) is 30.9 Å². The summed E-state index contributed by atoms with van der Waals surface area (Å²) in [5.41, 5.74) is 0.542. The Morgan fingerprint density at radius 2 is 1.45 bits per heavy atom. The fourth-order valence-corrected chi connectivity index (χ4v) is 1.61. The zero-order valence-corrected chi connectivity index (χ0v) is 13.8. The summed E-state index contributed by atoms with van der Waals surface area (Å²) in [5, 5.41) is 0. The Morgan fingerprint density at radius 1 is 0.909 bits per heavy atom. The second-order valence-electron chi connectivity index (χ2n) is 5.30. The highest BCUT2D eigenvalue weighted by molar-refractivity contribution is 5.89. The molecule has 0 bridgehead atoms. The Morgan fingerprint density at radius 3 is 2.05 bits per heavy atom. The van der Waals surface area contributed by atoms with Crippen LogP contribution in [0, 0.1) is 0 Å². The van der Waals surface area contributed by atoms with E-state index >= 15 is 0 Å². The highest BCUT2D eigenvalue weighted by Gasteiger charge is 2.12. The van der Waals surface area contributed by atoms with Crippen molar-refractivity contribution in [2.24, 2.45) is 0 Å². The number of carbonyl (C=O) groups is 1. The van der Waals surface area contributed by atoms with E-state index in [1.807, 2.05) is 26.8 Å². The van der Waals surface area contributed by atoms with Gasteiger partial charge in [-0.25, -0.2) is 4.79 Å². The third-order valence-electron chi connectivity index (χ3n) is 3.09. The number of carbonyl (C=O) groups excluding carboxylic acids is 1. The first kappa shape index (κ1) is 18.6. The lowest BCUT2D eigenvalue weighted by Gasteiger charge is -2.19. The van der Waals surface area contributed by atoms with E-state index in [1.165, 1.54) is 0 Å². The van der Waals surface area contributed by atoms with Crippen LogP contribution in [0.1, 0.15) is 31.1 Å². The molecular formula is C17H26O5. The quantitative estimate of drug-likeness (QED) is 0.622. The van der Waals surface area contributed by atoms with Crippen LogP contribution in [-0.2, 0) is 18.9 Å². The topological polar surface area (TPSA) is 54.0 Å². The van der Waals surface area contributed by atoms with E-state index in [2.05, 4.69) is 0 Å². The van der Waals surface area contributed by atoms with Gasteiger partial charge in [-0.3, -0.25) is 0 Å². The molecular weight excluding hydrogens is 284 g/mol. The van der Waals surface area contributed by atoms with Gasteiger partial charge in [0.2, 0.25) is 0 Å². The molecule has 1 aromatic carbocycles. The number of hydrogen-bond acceptors (Lipinski definition) is 5. The van der Waals surface area contributed by atoms with Gasteiger partial charge >= 0.3 is 5.97 Å². The summed E-state index contributed by atoms with van der Waals surface area (Å²) in [6, 6.07) is 8.91. The van der Waals surface area contributed by atoms with Crippen LogP contribution in [0.4, 0.5) is 0 Å². The van der Waals surface area contributed by atoms with Gasteiger partial charge in [-0.15, -0.1) is 0 Å². The Balaban J connectivity index is 2.18. The number of ether oxygens (including phenoxy) is 4. The van der Waals surface area contributed by atoms with Crippen molar-refractivity contribution in [3.8, 4) is 0 Å². The largest absolute Gasteiger partial charge is 0.459 e. The van der Waals surface area contributed by atoms with Crippen LogP contribution < -0.4 is 0 Å². The summed E-state index contributed by atoms with van der Waals surface area (Å²) in [5.74, 6) is -0.339. The molecule has 124 valence electrons. The van der Waals surface area contributed by atoms with E-state index in [4.69, 9.17) is 18.9 Å². The summed E-state index contributed by atoms with van der Waals surface area (Å²) in [6.07, 6.45) is -0.157. The lowest BCUT2D eigenvalue weighted by molar-refractivity contribution is -0.0699. The van der Waals surface area contributed by atoms with Gasteiger partial charge in [0.15, 0.2) is 0 Å². The second-order valence-corrected chi connectivity index (χ2v) is 5.30. The average Bonchev–Trinajstić information content (AvgIpc) is 2.56. The van der Waals surface area contributed by atoms with E-state index in [9.17, 15) is 4.79 Å². The molecule has 0 saturated carbocycles. The molecule has 1 rings (SSSR count). The molecule has 0 aliphatic carbocycles. The monoisotopic (exact) mass is 310 g/mol. The Labute approximate surface area is 132 Å². The third-order valence-corrected chi connectivity index (χ3v) is 3.09. The van der Waals surface area contributed by atoms with E-state index in [0.29, 0.717) is 18.8 Å². The normalized spacial score (nSPS) is 15.1. The minimum Gasteiger partial charge on any atom is -0.459 e. The molecule has 5 heteroatoms. The van der Waals surface area contributed by atoms with Crippen LogP contribution in [0.15, 0.2) is 30.3 Å². The predicted octanol–water partition coefficient (Wildman–Crippen LogP) is 2.69. The predicted molar refractivity (Wildman–Crippen MR) is 84.0 cm³/mol. The number of esters is 1. The molecule has 0 fully saturated rings. The molecule has 3 unspecified atom stereocenters. The summed E-state index contributed by atoms with van der Waals surface area (Å²) < 4.78 is 21.5. The van der Waals surface area contributed by atoms with Crippen LogP contribution in [0.3, 0.4) is 0 Å².